The van der Waals surface area contributed by atoms with Crippen LogP contribution in [0.5, 0.6) is 5.75 Å². The fraction of sp³-hybridized carbons (Fsp3) is 0.222. The molecule has 1 heterocycles. The minimum atomic E-state index is -0.283. The van der Waals surface area contributed by atoms with Crippen LogP contribution in [-0.2, 0) is 4.79 Å². The summed E-state index contributed by atoms with van der Waals surface area (Å²) in [5.74, 6) is 0.625. The lowest BCUT2D eigenvalue weighted by Crippen LogP contribution is -2.20. The molecule has 1 unspecified atom stereocenters. The largest absolute Gasteiger partial charge is 0.484 e. The Balaban J connectivity index is 1.83. The third-order valence-corrected chi connectivity index (χ3v) is 3.68. The van der Waals surface area contributed by atoms with Crippen LogP contribution in [0.25, 0.3) is 0 Å². The van der Waals surface area contributed by atoms with Crippen LogP contribution < -0.4 is 10.1 Å². The topological polar surface area (TPSA) is 55.4 Å². The summed E-state index contributed by atoms with van der Waals surface area (Å²) >= 11 is 0. The Morgan fingerprint density at radius 1 is 1.18 bits per heavy atom. The van der Waals surface area contributed by atoms with Crippen molar-refractivity contribution in [1.82, 2.24) is 0 Å². The number of hydrogen-bond donors (Lipinski definition) is 1. The molecule has 0 saturated carbocycles. The fourth-order valence-corrected chi connectivity index (χ4v) is 2.61. The van der Waals surface area contributed by atoms with Crippen molar-refractivity contribution >= 4 is 17.4 Å². The average Bonchev–Trinajstić information content (AvgIpc) is 2.48. The van der Waals surface area contributed by atoms with E-state index in [9.17, 15) is 9.59 Å². The molecule has 2 aromatic rings. The third-order valence-electron chi connectivity index (χ3n) is 3.68. The maximum absolute atomic E-state index is 12.3. The summed E-state index contributed by atoms with van der Waals surface area (Å²) < 4.78 is 5.96. The summed E-state index contributed by atoms with van der Waals surface area (Å²) in [6.07, 6.45) is 0.0460. The molecule has 1 aliphatic rings. The van der Waals surface area contributed by atoms with Gasteiger partial charge in [-0.25, -0.2) is 0 Å². The molecule has 0 saturated heterocycles. The zero-order valence-corrected chi connectivity index (χ0v) is 12.6. The minimum Gasteiger partial charge on any atom is -0.484 e. The first-order chi connectivity index (χ1) is 10.5. The van der Waals surface area contributed by atoms with E-state index in [-0.39, 0.29) is 17.8 Å². The predicted octanol–water partition coefficient (Wildman–Crippen LogP) is 3.66. The molecule has 2 aromatic carbocycles. The molecule has 0 radical (unpaired) electrons. The van der Waals surface area contributed by atoms with E-state index in [1.54, 1.807) is 0 Å². The number of fused-ring (bicyclic) bond motifs is 1. The van der Waals surface area contributed by atoms with Gasteiger partial charge in [-0.2, -0.15) is 0 Å². The van der Waals surface area contributed by atoms with Crippen LogP contribution in [-0.4, -0.2) is 11.7 Å². The highest BCUT2D eigenvalue weighted by Gasteiger charge is 2.27. The highest BCUT2D eigenvalue weighted by molar-refractivity contribution is 6.00. The molecule has 0 aliphatic carbocycles. The first kappa shape index (κ1) is 14.3. The monoisotopic (exact) mass is 295 g/mol. The molecule has 1 atom stereocenters. The van der Waals surface area contributed by atoms with Gasteiger partial charge in [-0.3, -0.25) is 9.59 Å². The van der Waals surface area contributed by atoms with E-state index in [4.69, 9.17) is 4.74 Å². The Morgan fingerprint density at radius 2 is 1.91 bits per heavy atom. The average molecular weight is 295 g/mol. The quantitative estimate of drug-likeness (QED) is 0.920. The molecule has 4 nitrogen and oxygen atoms in total. The number of Topliss-reactive ketones (excluding diaryl/α,β-unsaturated/α-hetero) is 1. The lowest BCUT2D eigenvalue weighted by molar-refractivity contribution is -0.114. The summed E-state index contributed by atoms with van der Waals surface area (Å²) in [4.78, 5) is 23.3. The maximum atomic E-state index is 12.3. The van der Waals surface area contributed by atoms with E-state index in [0.29, 0.717) is 17.7 Å². The summed E-state index contributed by atoms with van der Waals surface area (Å²) in [6.45, 7) is 3.43. The molecule has 0 fully saturated rings. The van der Waals surface area contributed by atoms with Crippen LogP contribution in [0.1, 0.15) is 40.9 Å². The number of anilines is 1. The first-order valence-corrected chi connectivity index (χ1v) is 7.21. The number of ether oxygens (including phenoxy) is 1. The molecular formula is C18H17NO3. The third kappa shape index (κ3) is 2.86. The van der Waals surface area contributed by atoms with Gasteiger partial charge in [-0.1, -0.05) is 23.8 Å². The molecule has 0 spiro atoms. The van der Waals surface area contributed by atoms with Gasteiger partial charge in [0, 0.05) is 12.6 Å². The van der Waals surface area contributed by atoms with Crippen molar-refractivity contribution in [3.8, 4) is 5.75 Å². The highest BCUT2D eigenvalue weighted by Crippen LogP contribution is 2.35. The second-order valence-electron chi connectivity index (χ2n) is 5.54. The number of ketones is 1. The van der Waals surface area contributed by atoms with Gasteiger partial charge in [0.05, 0.1) is 12.0 Å². The Kier molecular flexibility index (Phi) is 3.67. The number of carbonyl (C=O) groups excluding carboxylic acids is 2. The molecule has 22 heavy (non-hydrogen) atoms. The van der Waals surface area contributed by atoms with Crippen LogP contribution in [0.3, 0.4) is 0 Å². The van der Waals surface area contributed by atoms with Crippen molar-refractivity contribution in [3.63, 3.8) is 0 Å². The van der Waals surface area contributed by atoms with E-state index in [2.05, 4.69) is 5.32 Å². The summed E-state index contributed by atoms with van der Waals surface area (Å²) in [5.41, 5.74) is 3.36. The highest BCUT2D eigenvalue weighted by atomic mass is 16.5. The van der Waals surface area contributed by atoms with E-state index in [1.807, 2.05) is 49.4 Å². The van der Waals surface area contributed by atoms with Gasteiger partial charge in [0.1, 0.15) is 11.9 Å². The van der Waals surface area contributed by atoms with Crippen LogP contribution in [0, 0.1) is 6.92 Å². The van der Waals surface area contributed by atoms with Gasteiger partial charge < -0.3 is 10.1 Å². The van der Waals surface area contributed by atoms with Crippen LogP contribution in [0.2, 0.25) is 0 Å². The van der Waals surface area contributed by atoms with Crippen molar-refractivity contribution < 1.29 is 14.3 Å². The Labute approximate surface area is 129 Å². The predicted molar refractivity (Wildman–Crippen MR) is 84.2 cm³/mol. The van der Waals surface area contributed by atoms with Crippen molar-refractivity contribution in [2.75, 3.05) is 5.32 Å². The van der Waals surface area contributed by atoms with Gasteiger partial charge in [-0.05, 0) is 36.8 Å². The second-order valence-corrected chi connectivity index (χ2v) is 5.54. The lowest BCUT2D eigenvalue weighted by atomic mass is 9.95. The number of benzene rings is 2. The lowest BCUT2D eigenvalue weighted by Gasteiger charge is -2.26. The molecule has 1 N–H and O–H groups in total. The SMILES string of the molecule is CC(=O)Nc1ccc(C2CC(=O)c3cc(C)ccc3O2)cc1. The van der Waals surface area contributed by atoms with E-state index < -0.39 is 0 Å². The van der Waals surface area contributed by atoms with Crippen molar-refractivity contribution in [3.05, 3.63) is 59.2 Å². The number of aryl methyl sites for hydroxylation is 1. The Morgan fingerprint density at radius 3 is 2.59 bits per heavy atom. The van der Waals surface area contributed by atoms with E-state index in [1.165, 1.54) is 6.92 Å². The van der Waals surface area contributed by atoms with Crippen LogP contribution >= 0.6 is 0 Å². The number of amides is 1. The smallest absolute Gasteiger partial charge is 0.221 e. The molecule has 3 rings (SSSR count). The molecular weight excluding hydrogens is 278 g/mol. The van der Waals surface area contributed by atoms with Crippen LogP contribution in [0.15, 0.2) is 42.5 Å². The Hall–Kier alpha value is -2.62. The summed E-state index contributed by atoms with van der Waals surface area (Å²) in [7, 11) is 0. The Bertz CT molecular complexity index is 734. The van der Waals surface area contributed by atoms with Gasteiger partial charge in [0.2, 0.25) is 5.91 Å². The molecule has 0 aromatic heterocycles. The molecule has 1 aliphatic heterocycles. The molecule has 1 amide bonds. The van der Waals surface area contributed by atoms with E-state index in [0.717, 1.165) is 16.8 Å². The van der Waals surface area contributed by atoms with Gasteiger partial charge >= 0.3 is 0 Å². The number of rotatable bonds is 2. The number of hydrogen-bond acceptors (Lipinski definition) is 3. The zero-order chi connectivity index (χ0) is 15.7. The fourth-order valence-electron chi connectivity index (χ4n) is 2.61. The van der Waals surface area contributed by atoms with Crippen molar-refractivity contribution in [2.24, 2.45) is 0 Å². The normalized spacial score (nSPS) is 16.6. The van der Waals surface area contributed by atoms with E-state index >= 15 is 0 Å². The van der Waals surface area contributed by atoms with Gasteiger partial charge in [0.15, 0.2) is 5.78 Å². The van der Waals surface area contributed by atoms with Gasteiger partial charge in [0.25, 0.3) is 0 Å². The molecule has 0 bridgehead atoms. The standard InChI is InChI=1S/C18H17NO3/c1-11-3-8-17-15(9-11)16(21)10-18(22-17)13-4-6-14(7-5-13)19-12(2)20/h3-9,18H,10H2,1-2H3,(H,19,20). The zero-order valence-electron chi connectivity index (χ0n) is 12.6. The summed E-state index contributed by atoms with van der Waals surface area (Å²) in [6, 6.07) is 13.0. The molecule has 4 heteroatoms. The van der Waals surface area contributed by atoms with Crippen LogP contribution in [0.4, 0.5) is 5.69 Å². The van der Waals surface area contributed by atoms with Gasteiger partial charge in [-0.15, -0.1) is 0 Å². The minimum absolute atomic E-state index is 0.0980. The number of nitrogens with one attached hydrogen (secondary N) is 1. The summed E-state index contributed by atoms with van der Waals surface area (Å²) in [5, 5.41) is 2.72. The second kappa shape index (κ2) is 5.64. The maximum Gasteiger partial charge on any atom is 0.221 e. The first-order valence-electron chi connectivity index (χ1n) is 7.21. The van der Waals surface area contributed by atoms with Crippen molar-refractivity contribution in [1.29, 1.82) is 0 Å². The molecule has 112 valence electrons. The van der Waals surface area contributed by atoms with Crippen molar-refractivity contribution in [2.45, 2.75) is 26.4 Å². The number of carbonyl (C=O) groups is 2.